The molecular weight excluding hydrogens is 388 g/mol. The maximum Gasteiger partial charge on any atom is 0.230 e. The Morgan fingerprint density at radius 2 is 2.08 bits per heavy atom. The van der Waals surface area contributed by atoms with Crippen molar-refractivity contribution >= 4 is 57.8 Å². The maximum absolute atomic E-state index is 12.4. The Kier molecular flexibility index (Phi) is 5.45. The van der Waals surface area contributed by atoms with Crippen molar-refractivity contribution in [3.8, 4) is 10.6 Å². The Morgan fingerprint density at radius 3 is 2.88 bits per heavy atom. The molecule has 7 heteroatoms. The van der Waals surface area contributed by atoms with Crippen molar-refractivity contribution in [1.29, 1.82) is 0 Å². The standard InChI is InChI=1S/C18H16N2OS4/c21-16(9-15-11-25-17(20-15)13-4-5-22-10-13)19-14-3-1-2-12(8-14)18-23-6-7-24-18/h1-5,8,10-11,18H,6-7,9H2,(H,19,21). The van der Waals surface area contributed by atoms with Crippen LogP contribution in [0.4, 0.5) is 5.69 Å². The Morgan fingerprint density at radius 1 is 1.20 bits per heavy atom. The summed E-state index contributed by atoms with van der Waals surface area (Å²) >= 11 is 7.18. The molecule has 1 aliphatic heterocycles. The average molecular weight is 405 g/mol. The Labute approximate surface area is 163 Å². The van der Waals surface area contributed by atoms with E-state index in [1.807, 2.05) is 46.4 Å². The van der Waals surface area contributed by atoms with E-state index in [0.717, 1.165) is 22.0 Å². The Bertz CT molecular complexity index is 854. The van der Waals surface area contributed by atoms with Crippen LogP contribution in [-0.4, -0.2) is 22.4 Å². The number of hydrogen-bond donors (Lipinski definition) is 1. The lowest BCUT2D eigenvalue weighted by Gasteiger charge is -2.11. The normalized spacial score (nSPS) is 14.7. The summed E-state index contributed by atoms with van der Waals surface area (Å²) in [4.78, 5) is 16.9. The highest BCUT2D eigenvalue weighted by Crippen LogP contribution is 2.45. The number of amides is 1. The Balaban J connectivity index is 1.40. The molecule has 0 bridgehead atoms. The first-order chi connectivity index (χ1) is 12.3. The Hall–Kier alpha value is -1.28. The zero-order valence-corrected chi connectivity index (χ0v) is 16.6. The summed E-state index contributed by atoms with van der Waals surface area (Å²) in [7, 11) is 0. The molecule has 1 saturated heterocycles. The maximum atomic E-state index is 12.4. The van der Waals surface area contributed by atoms with E-state index in [1.54, 1.807) is 22.7 Å². The van der Waals surface area contributed by atoms with Gasteiger partial charge >= 0.3 is 0 Å². The lowest BCUT2D eigenvalue weighted by molar-refractivity contribution is -0.115. The molecule has 1 aliphatic rings. The molecule has 1 fully saturated rings. The molecule has 0 aliphatic carbocycles. The van der Waals surface area contributed by atoms with Gasteiger partial charge < -0.3 is 5.32 Å². The summed E-state index contributed by atoms with van der Waals surface area (Å²) in [6, 6.07) is 10.2. The molecule has 3 nitrogen and oxygen atoms in total. The van der Waals surface area contributed by atoms with Crippen molar-refractivity contribution in [3.63, 3.8) is 0 Å². The van der Waals surface area contributed by atoms with Gasteiger partial charge in [0.05, 0.1) is 16.7 Å². The van der Waals surface area contributed by atoms with E-state index < -0.39 is 0 Å². The topological polar surface area (TPSA) is 42.0 Å². The molecule has 3 aromatic rings. The van der Waals surface area contributed by atoms with Gasteiger partial charge in [-0.25, -0.2) is 4.98 Å². The summed E-state index contributed by atoms with van der Waals surface area (Å²) < 4.78 is 0.489. The van der Waals surface area contributed by atoms with Gasteiger partial charge in [0.25, 0.3) is 0 Å². The number of nitrogens with one attached hydrogen (secondary N) is 1. The second-order valence-electron chi connectivity index (χ2n) is 5.58. The predicted molar refractivity (Wildman–Crippen MR) is 112 cm³/mol. The molecule has 2 aromatic heterocycles. The van der Waals surface area contributed by atoms with E-state index in [4.69, 9.17) is 0 Å². The van der Waals surface area contributed by atoms with Gasteiger partial charge in [-0.1, -0.05) is 12.1 Å². The highest BCUT2D eigenvalue weighted by molar-refractivity contribution is 8.19. The molecule has 1 N–H and O–H groups in total. The van der Waals surface area contributed by atoms with E-state index >= 15 is 0 Å². The zero-order valence-electron chi connectivity index (χ0n) is 13.3. The lowest BCUT2D eigenvalue weighted by Crippen LogP contribution is -2.14. The monoisotopic (exact) mass is 404 g/mol. The SMILES string of the molecule is O=C(Cc1csc(-c2ccsc2)n1)Nc1cccc(C2SCCS2)c1. The van der Waals surface area contributed by atoms with Crippen LogP contribution in [0.2, 0.25) is 0 Å². The van der Waals surface area contributed by atoms with Gasteiger partial charge in [-0.3, -0.25) is 4.79 Å². The largest absolute Gasteiger partial charge is 0.326 e. The molecule has 0 unspecified atom stereocenters. The van der Waals surface area contributed by atoms with Crippen LogP contribution in [0.5, 0.6) is 0 Å². The summed E-state index contributed by atoms with van der Waals surface area (Å²) in [6.45, 7) is 0. The van der Waals surface area contributed by atoms with Crippen molar-refractivity contribution < 1.29 is 4.79 Å². The summed E-state index contributed by atoms with van der Waals surface area (Å²) in [5.41, 5.74) is 4.09. The number of thiophene rings is 1. The number of aromatic nitrogens is 1. The van der Waals surface area contributed by atoms with Gasteiger partial charge in [-0.15, -0.1) is 34.9 Å². The van der Waals surface area contributed by atoms with E-state index in [0.29, 0.717) is 11.0 Å². The third-order valence-electron chi connectivity index (χ3n) is 3.73. The summed E-state index contributed by atoms with van der Waals surface area (Å²) in [6.07, 6.45) is 0.303. The fourth-order valence-corrected chi connectivity index (χ4v) is 6.96. The molecule has 0 saturated carbocycles. The second kappa shape index (κ2) is 7.95. The number of benzene rings is 1. The van der Waals surface area contributed by atoms with Crippen LogP contribution in [0.25, 0.3) is 10.6 Å². The molecular formula is C18H16N2OS4. The van der Waals surface area contributed by atoms with E-state index in [1.165, 1.54) is 17.1 Å². The minimum Gasteiger partial charge on any atom is -0.326 e. The fourth-order valence-electron chi connectivity index (χ4n) is 2.59. The zero-order chi connectivity index (χ0) is 17.1. The minimum absolute atomic E-state index is 0.0222. The average Bonchev–Trinajstić information content (AvgIpc) is 3.37. The highest BCUT2D eigenvalue weighted by atomic mass is 32.2. The quantitative estimate of drug-likeness (QED) is 0.607. The first kappa shape index (κ1) is 17.1. The number of rotatable bonds is 5. The van der Waals surface area contributed by atoms with E-state index in [9.17, 15) is 4.79 Å². The minimum atomic E-state index is -0.0222. The van der Waals surface area contributed by atoms with Crippen molar-refractivity contribution in [2.45, 2.75) is 11.0 Å². The van der Waals surface area contributed by atoms with Crippen LogP contribution in [0.1, 0.15) is 15.8 Å². The highest BCUT2D eigenvalue weighted by Gasteiger charge is 2.18. The molecule has 128 valence electrons. The number of carbonyl (C=O) groups is 1. The van der Waals surface area contributed by atoms with Crippen LogP contribution < -0.4 is 5.32 Å². The van der Waals surface area contributed by atoms with Crippen molar-refractivity contribution in [1.82, 2.24) is 4.98 Å². The molecule has 0 atom stereocenters. The van der Waals surface area contributed by atoms with Gasteiger partial charge in [0.15, 0.2) is 0 Å². The number of carbonyl (C=O) groups excluding carboxylic acids is 1. The van der Waals surface area contributed by atoms with Crippen LogP contribution in [0.15, 0.2) is 46.5 Å². The summed E-state index contributed by atoms with van der Waals surface area (Å²) in [5, 5.41) is 10.1. The number of anilines is 1. The third kappa shape index (κ3) is 4.28. The number of nitrogens with zero attached hydrogens (tertiary/aromatic N) is 1. The molecule has 1 amide bonds. The smallest absolute Gasteiger partial charge is 0.230 e. The predicted octanol–water partition coefficient (Wildman–Crippen LogP) is 5.53. The number of hydrogen-bond acceptors (Lipinski definition) is 6. The molecule has 0 spiro atoms. The molecule has 1 aromatic carbocycles. The molecule has 4 rings (SSSR count). The number of thiazole rings is 1. The van der Waals surface area contributed by atoms with Gasteiger partial charge in [0.1, 0.15) is 5.01 Å². The number of thioether (sulfide) groups is 2. The molecule has 25 heavy (non-hydrogen) atoms. The van der Waals surface area contributed by atoms with Gasteiger partial charge in [0.2, 0.25) is 5.91 Å². The first-order valence-electron chi connectivity index (χ1n) is 7.88. The van der Waals surface area contributed by atoms with Crippen LogP contribution in [-0.2, 0) is 11.2 Å². The van der Waals surface area contributed by atoms with Crippen LogP contribution in [0, 0.1) is 0 Å². The molecule has 0 radical (unpaired) electrons. The van der Waals surface area contributed by atoms with Gasteiger partial charge in [-0.2, -0.15) is 11.3 Å². The first-order valence-corrected chi connectivity index (χ1v) is 11.8. The van der Waals surface area contributed by atoms with Crippen molar-refractivity contribution in [2.75, 3.05) is 16.8 Å². The fraction of sp³-hybridized carbons (Fsp3) is 0.222. The van der Waals surface area contributed by atoms with E-state index in [-0.39, 0.29) is 5.91 Å². The lowest BCUT2D eigenvalue weighted by atomic mass is 10.2. The molecule has 3 heterocycles. The van der Waals surface area contributed by atoms with Crippen molar-refractivity contribution in [3.05, 3.63) is 57.7 Å². The van der Waals surface area contributed by atoms with E-state index in [2.05, 4.69) is 33.9 Å². The van der Waals surface area contributed by atoms with Gasteiger partial charge in [-0.05, 0) is 29.1 Å². The second-order valence-corrected chi connectivity index (χ2v) is 9.94. The van der Waals surface area contributed by atoms with Crippen LogP contribution in [0.3, 0.4) is 0 Å². The van der Waals surface area contributed by atoms with Crippen LogP contribution >= 0.6 is 46.2 Å². The van der Waals surface area contributed by atoms with Crippen molar-refractivity contribution in [2.24, 2.45) is 0 Å². The third-order valence-corrected chi connectivity index (χ3v) is 8.45. The summed E-state index contributed by atoms with van der Waals surface area (Å²) in [5.74, 6) is 2.37. The van der Waals surface area contributed by atoms with Gasteiger partial charge in [0, 0.05) is 33.5 Å².